The Hall–Kier alpha value is -3.20. The Bertz CT molecular complexity index is 895. The van der Waals surface area contributed by atoms with Gasteiger partial charge in [0, 0.05) is 23.4 Å². The number of nitrogens with one attached hydrogen (secondary N) is 1. The fraction of sp³-hybridized carbons (Fsp3) is 0.118. The predicted molar refractivity (Wildman–Crippen MR) is 98.1 cm³/mol. The number of primary amides is 1. The topological polar surface area (TPSA) is 116 Å². The first-order valence-corrected chi connectivity index (χ1v) is 8.78. The van der Waals surface area contributed by atoms with E-state index < -0.39 is 5.91 Å². The molecule has 3 rings (SSSR count). The lowest BCUT2D eigenvalue weighted by atomic mass is 10.2. The molecule has 9 heteroatoms. The van der Waals surface area contributed by atoms with Crippen molar-refractivity contribution in [1.82, 2.24) is 20.2 Å². The number of anilines is 1. The van der Waals surface area contributed by atoms with Crippen molar-refractivity contribution in [2.24, 2.45) is 5.73 Å². The minimum atomic E-state index is -0.504. The van der Waals surface area contributed by atoms with Crippen molar-refractivity contribution in [1.29, 1.82) is 0 Å². The molecule has 0 unspecified atom stereocenters. The van der Waals surface area contributed by atoms with E-state index in [1.54, 1.807) is 28.9 Å². The van der Waals surface area contributed by atoms with E-state index in [9.17, 15) is 9.59 Å². The van der Waals surface area contributed by atoms with E-state index >= 15 is 0 Å². The fourth-order valence-corrected chi connectivity index (χ4v) is 3.00. The Morgan fingerprint density at radius 1 is 1.08 bits per heavy atom. The van der Waals surface area contributed by atoms with E-state index in [0.717, 1.165) is 5.69 Å². The van der Waals surface area contributed by atoms with Gasteiger partial charge in [-0.25, -0.2) is 0 Å². The van der Waals surface area contributed by atoms with Crippen LogP contribution in [0.1, 0.15) is 16.8 Å². The molecule has 1 aromatic heterocycles. The first-order valence-electron chi connectivity index (χ1n) is 7.80. The lowest BCUT2D eigenvalue weighted by Crippen LogP contribution is -2.13. The van der Waals surface area contributed by atoms with Gasteiger partial charge in [-0.15, -0.1) is 5.10 Å². The van der Waals surface area contributed by atoms with Gasteiger partial charge in [0.15, 0.2) is 0 Å². The fourth-order valence-electron chi connectivity index (χ4n) is 2.18. The smallest absolute Gasteiger partial charge is 0.248 e. The molecule has 0 aliphatic rings. The van der Waals surface area contributed by atoms with E-state index in [-0.39, 0.29) is 5.91 Å². The quantitative estimate of drug-likeness (QED) is 0.615. The van der Waals surface area contributed by atoms with Gasteiger partial charge in [0.25, 0.3) is 0 Å². The summed E-state index contributed by atoms with van der Waals surface area (Å²) in [5, 5.41) is 15.0. The van der Waals surface area contributed by atoms with Gasteiger partial charge >= 0.3 is 0 Å². The van der Waals surface area contributed by atoms with Crippen molar-refractivity contribution < 1.29 is 9.59 Å². The van der Waals surface area contributed by atoms with Crippen molar-refractivity contribution in [3.63, 3.8) is 0 Å². The summed E-state index contributed by atoms with van der Waals surface area (Å²) in [5.74, 6) is -0.114. The van der Waals surface area contributed by atoms with Gasteiger partial charge in [0.05, 0.1) is 5.69 Å². The summed E-state index contributed by atoms with van der Waals surface area (Å²) in [6, 6.07) is 16.0. The van der Waals surface area contributed by atoms with Crippen LogP contribution in [-0.4, -0.2) is 37.8 Å². The standard InChI is InChI=1S/C17H16N6O2S/c18-16(25)12-6-8-13(9-7-12)19-15(24)10-11-26-17-20-21-22-23(17)14-4-2-1-3-5-14/h1-9H,10-11H2,(H2,18,25)(H,19,24). The lowest BCUT2D eigenvalue weighted by molar-refractivity contribution is -0.115. The normalized spacial score (nSPS) is 10.5. The van der Waals surface area contributed by atoms with Crippen molar-refractivity contribution in [3.05, 3.63) is 60.2 Å². The molecule has 1 heterocycles. The van der Waals surface area contributed by atoms with Gasteiger partial charge in [0.1, 0.15) is 0 Å². The first kappa shape index (κ1) is 17.6. The summed E-state index contributed by atoms with van der Waals surface area (Å²) in [6.07, 6.45) is 0.296. The Morgan fingerprint density at radius 3 is 2.50 bits per heavy atom. The molecular weight excluding hydrogens is 352 g/mol. The zero-order valence-corrected chi connectivity index (χ0v) is 14.5. The summed E-state index contributed by atoms with van der Waals surface area (Å²) in [5.41, 5.74) is 7.05. The highest BCUT2D eigenvalue weighted by atomic mass is 32.2. The number of amides is 2. The number of hydrogen-bond acceptors (Lipinski definition) is 6. The minimum Gasteiger partial charge on any atom is -0.366 e. The van der Waals surface area contributed by atoms with E-state index in [1.807, 2.05) is 30.3 Å². The van der Waals surface area contributed by atoms with Crippen molar-refractivity contribution in [2.75, 3.05) is 11.1 Å². The second-order valence-electron chi connectivity index (χ2n) is 5.30. The third-order valence-corrected chi connectivity index (χ3v) is 4.38. The van der Waals surface area contributed by atoms with Crippen LogP contribution < -0.4 is 11.1 Å². The van der Waals surface area contributed by atoms with Crippen LogP contribution in [0.4, 0.5) is 5.69 Å². The van der Waals surface area contributed by atoms with Crippen LogP contribution in [0.25, 0.3) is 5.69 Å². The molecule has 2 aromatic carbocycles. The number of carbonyl (C=O) groups is 2. The molecule has 8 nitrogen and oxygen atoms in total. The summed E-state index contributed by atoms with van der Waals surface area (Å²) >= 11 is 1.40. The molecule has 0 atom stereocenters. The maximum Gasteiger partial charge on any atom is 0.248 e. The second kappa shape index (κ2) is 8.26. The molecule has 0 bridgehead atoms. The number of tetrazole rings is 1. The first-order chi connectivity index (χ1) is 12.6. The van der Waals surface area contributed by atoms with Crippen molar-refractivity contribution in [2.45, 2.75) is 11.6 Å². The van der Waals surface area contributed by atoms with Crippen LogP contribution >= 0.6 is 11.8 Å². The monoisotopic (exact) mass is 368 g/mol. The van der Waals surface area contributed by atoms with Gasteiger partial charge in [-0.2, -0.15) is 4.68 Å². The minimum absolute atomic E-state index is 0.136. The van der Waals surface area contributed by atoms with E-state index in [0.29, 0.717) is 28.6 Å². The molecule has 0 saturated carbocycles. The van der Waals surface area contributed by atoms with Gasteiger partial charge in [-0.1, -0.05) is 30.0 Å². The zero-order chi connectivity index (χ0) is 18.4. The van der Waals surface area contributed by atoms with Gasteiger partial charge in [0.2, 0.25) is 17.0 Å². The number of carbonyl (C=O) groups excluding carboxylic acids is 2. The van der Waals surface area contributed by atoms with Crippen LogP contribution in [0.2, 0.25) is 0 Å². The lowest BCUT2D eigenvalue weighted by Gasteiger charge is -2.06. The van der Waals surface area contributed by atoms with Gasteiger partial charge in [-0.3, -0.25) is 9.59 Å². The van der Waals surface area contributed by atoms with Crippen LogP contribution in [0.15, 0.2) is 59.8 Å². The highest BCUT2D eigenvalue weighted by molar-refractivity contribution is 7.99. The van der Waals surface area contributed by atoms with E-state index in [2.05, 4.69) is 20.8 Å². The second-order valence-corrected chi connectivity index (χ2v) is 6.36. The molecule has 3 N–H and O–H groups in total. The molecule has 0 radical (unpaired) electrons. The highest BCUT2D eigenvalue weighted by Gasteiger charge is 2.10. The summed E-state index contributed by atoms with van der Waals surface area (Å²) in [7, 11) is 0. The third-order valence-electron chi connectivity index (χ3n) is 3.46. The Kier molecular flexibility index (Phi) is 5.59. The predicted octanol–water partition coefficient (Wildman–Crippen LogP) is 1.88. The van der Waals surface area contributed by atoms with Crippen LogP contribution in [-0.2, 0) is 4.79 Å². The summed E-state index contributed by atoms with van der Waals surface area (Å²) in [6.45, 7) is 0. The molecule has 132 valence electrons. The molecule has 26 heavy (non-hydrogen) atoms. The van der Waals surface area contributed by atoms with E-state index in [4.69, 9.17) is 5.73 Å². The number of aromatic nitrogens is 4. The van der Waals surface area contributed by atoms with E-state index in [1.165, 1.54) is 11.8 Å². The molecule has 2 amide bonds. The molecular formula is C17H16N6O2S. The summed E-state index contributed by atoms with van der Waals surface area (Å²) < 4.78 is 1.63. The highest BCUT2D eigenvalue weighted by Crippen LogP contribution is 2.19. The number of benzene rings is 2. The maximum atomic E-state index is 12.0. The molecule has 0 aliphatic carbocycles. The van der Waals surface area contributed by atoms with Crippen LogP contribution in [0.5, 0.6) is 0 Å². The van der Waals surface area contributed by atoms with Crippen LogP contribution in [0, 0.1) is 0 Å². The average Bonchev–Trinajstić information content (AvgIpc) is 3.11. The Morgan fingerprint density at radius 2 is 1.81 bits per heavy atom. The van der Waals surface area contributed by atoms with Crippen LogP contribution in [0.3, 0.4) is 0 Å². The molecule has 0 saturated heterocycles. The number of hydrogen-bond donors (Lipinski definition) is 2. The molecule has 3 aromatic rings. The number of rotatable bonds is 7. The SMILES string of the molecule is NC(=O)c1ccc(NC(=O)CCSc2nnnn2-c2ccccc2)cc1. The molecule has 0 aliphatic heterocycles. The maximum absolute atomic E-state index is 12.0. The largest absolute Gasteiger partial charge is 0.366 e. The van der Waals surface area contributed by atoms with Crippen molar-refractivity contribution >= 4 is 29.3 Å². The van der Waals surface area contributed by atoms with Crippen molar-refractivity contribution in [3.8, 4) is 5.69 Å². The zero-order valence-electron chi connectivity index (χ0n) is 13.7. The third kappa shape index (κ3) is 4.45. The van der Waals surface area contributed by atoms with Gasteiger partial charge in [-0.05, 0) is 46.8 Å². The number of nitrogens with two attached hydrogens (primary N) is 1. The molecule has 0 fully saturated rings. The average molecular weight is 368 g/mol. The number of para-hydroxylation sites is 1. The number of nitrogens with zero attached hydrogens (tertiary/aromatic N) is 4. The molecule has 0 spiro atoms. The summed E-state index contributed by atoms with van der Waals surface area (Å²) in [4.78, 5) is 23.1. The Labute approximate surface area is 153 Å². The van der Waals surface area contributed by atoms with Gasteiger partial charge < -0.3 is 11.1 Å². The Balaban J connectivity index is 1.52. The number of thioether (sulfide) groups is 1.